The first-order chi connectivity index (χ1) is 23.0. The first-order valence-corrected chi connectivity index (χ1v) is 17.2. The molecule has 4 N–H and O–H groups in total. The van der Waals surface area contributed by atoms with E-state index in [1.54, 1.807) is 6.20 Å². The van der Waals surface area contributed by atoms with E-state index in [0.717, 1.165) is 23.6 Å². The van der Waals surface area contributed by atoms with Crippen LogP contribution in [0.25, 0.3) is 10.8 Å². The average molecular weight is 681 g/mol. The van der Waals surface area contributed by atoms with E-state index in [1.807, 2.05) is 79.7 Å². The zero-order chi connectivity index (χ0) is 36.1. The van der Waals surface area contributed by atoms with Crippen LogP contribution < -0.4 is 30.7 Å². The van der Waals surface area contributed by atoms with Crippen LogP contribution in [-0.4, -0.2) is 88.4 Å². The highest BCUT2D eigenvalue weighted by molar-refractivity contribution is 6.38. The number of amides is 5. The summed E-state index contributed by atoms with van der Waals surface area (Å²) in [6.07, 6.45) is 3.51. The Morgan fingerprint density at radius 1 is 1.00 bits per heavy atom. The number of Topliss-reactive ketones (excluding diaryl/α,β-unsaturated/α-hetero) is 1. The van der Waals surface area contributed by atoms with Crippen molar-refractivity contribution in [3.63, 3.8) is 0 Å². The number of carbonyl (C=O) groups excluding carboxylic acids is 5. The van der Waals surface area contributed by atoms with Gasteiger partial charge in [-0.25, -0.2) is 9.78 Å². The third kappa shape index (κ3) is 10.1. The number of aromatic nitrogens is 1. The number of carbonyl (C=O) groups is 5. The normalized spacial score (nSPS) is 19.1. The fourth-order valence-corrected chi connectivity index (χ4v) is 5.80. The third-order valence-corrected chi connectivity index (χ3v) is 8.36. The highest BCUT2D eigenvalue weighted by Gasteiger charge is 2.47. The van der Waals surface area contributed by atoms with Crippen molar-refractivity contribution in [3.05, 3.63) is 30.5 Å². The van der Waals surface area contributed by atoms with Crippen LogP contribution in [0.2, 0.25) is 0 Å². The predicted molar refractivity (Wildman–Crippen MR) is 185 cm³/mol. The van der Waals surface area contributed by atoms with Crippen LogP contribution in [0.3, 0.4) is 0 Å². The van der Waals surface area contributed by atoms with Gasteiger partial charge in [-0.2, -0.15) is 0 Å². The Balaban J connectivity index is 1.63. The van der Waals surface area contributed by atoms with Gasteiger partial charge in [0, 0.05) is 29.6 Å². The van der Waals surface area contributed by atoms with Crippen molar-refractivity contribution in [1.29, 1.82) is 0 Å². The average Bonchev–Trinajstić information content (AvgIpc) is 3.73. The van der Waals surface area contributed by atoms with E-state index in [4.69, 9.17) is 9.47 Å². The Hall–Kier alpha value is -4.42. The second-order valence-corrected chi connectivity index (χ2v) is 15.0. The van der Waals surface area contributed by atoms with E-state index >= 15 is 0 Å². The largest absolute Gasteiger partial charge is 0.494 e. The summed E-state index contributed by atoms with van der Waals surface area (Å²) in [5.41, 5.74) is -1.28. The Kier molecular flexibility index (Phi) is 11.8. The Morgan fingerprint density at radius 3 is 2.33 bits per heavy atom. The van der Waals surface area contributed by atoms with E-state index in [2.05, 4.69) is 26.3 Å². The Bertz CT molecular complexity index is 1540. The predicted octanol–water partition coefficient (Wildman–Crippen LogP) is 3.63. The summed E-state index contributed by atoms with van der Waals surface area (Å²) in [7, 11) is 0. The van der Waals surface area contributed by atoms with E-state index in [0.29, 0.717) is 24.7 Å². The molecular formula is C36H52N6O7. The first-order valence-electron chi connectivity index (χ1n) is 17.2. The highest BCUT2D eigenvalue weighted by Crippen LogP contribution is 2.32. The molecule has 5 amide bonds. The van der Waals surface area contributed by atoms with Gasteiger partial charge in [0.05, 0.1) is 19.2 Å². The lowest BCUT2D eigenvalue weighted by Gasteiger charge is -2.36. The van der Waals surface area contributed by atoms with Gasteiger partial charge in [-0.05, 0) is 82.0 Å². The molecule has 4 unspecified atom stereocenters. The van der Waals surface area contributed by atoms with Crippen molar-refractivity contribution in [1.82, 2.24) is 31.2 Å². The standard InChI is InChI=1S/C36H52N6O7/c1-9-11-26(28(43)31(45)38-22-12-13-22)39-30(44)27-19-24(49-32-25-15-14-23(48-10-2)18-21(25)16-17-37-32)20-42(27)33(46)29(35(3,4)5)40-34(47)41-36(6,7)8/h14-18,22,24,26-27,29H,9-13,19-20H2,1-8H3,(H,38,45)(H,39,44)(H2,40,41,47). The highest BCUT2D eigenvalue weighted by atomic mass is 16.5. The molecule has 2 fully saturated rings. The van der Waals surface area contributed by atoms with Gasteiger partial charge in [0.25, 0.3) is 5.91 Å². The van der Waals surface area contributed by atoms with E-state index < -0.39 is 64.7 Å². The summed E-state index contributed by atoms with van der Waals surface area (Å²) in [6.45, 7) is 15.3. The number of urea groups is 1. The van der Waals surface area contributed by atoms with Gasteiger partial charge in [0.2, 0.25) is 23.5 Å². The van der Waals surface area contributed by atoms with Crippen LogP contribution in [0, 0.1) is 5.41 Å². The molecule has 0 spiro atoms. The lowest BCUT2D eigenvalue weighted by atomic mass is 9.85. The molecule has 13 heteroatoms. The number of rotatable bonds is 13. The summed E-state index contributed by atoms with van der Waals surface area (Å²) in [5, 5.41) is 12.7. The number of likely N-dealkylation sites (tertiary alicyclic amines) is 1. The van der Waals surface area contributed by atoms with Gasteiger partial charge < -0.3 is 35.6 Å². The number of hydrogen-bond acceptors (Lipinski definition) is 8. The smallest absolute Gasteiger partial charge is 0.315 e. The minimum Gasteiger partial charge on any atom is -0.494 e. The maximum absolute atomic E-state index is 14.4. The molecular weight excluding hydrogens is 628 g/mol. The molecule has 0 bridgehead atoms. The minimum atomic E-state index is -1.05. The summed E-state index contributed by atoms with van der Waals surface area (Å²) in [6, 6.07) is 3.78. The molecule has 1 aromatic carbocycles. The van der Waals surface area contributed by atoms with Crippen LogP contribution in [0.1, 0.15) is 87.5 Å². The van der Waals surface area contributed by atoms with Gasteiger partial charge >= 0.3 is 6.03 Å². The molecule has 0 radical (unpaired) electrons. The molecule has 4 rings (SSSR count). The molecule has 1 aliphatic heterocycles. The van der Waals surface area contributed by atoms with E-state index in [1.165, 1.54) is 4.90 Å². The Labute approximate surface area is 288 Å². The molecule has 1 saturated carbocycles. The molecule has 1 saturated heterocycles. The zero-order valence-electron chi connectivity index (χ0n) is 30.0. The molecule has 49 heavy (non-hydrogen) atoms. The van der Waals surface area contributed by atoms with Crippen LogP contribution in [0.15, 0.2) is 30.5 Å². The van der Waals surface area contributed by atoms with Gasteiger partial charge in [-0.1, -0.05) is 34.1 Å². The summed E-state index contributed by atoms with van der Waals surface area (Å²) >= 11 is 0. The van der Waals surface area contributed by atoms with E-state index in [9.17, 15) is 24.0 Å². The zero-order valence-corrected chi connectivity index (χ0v) is 30.0. The second-order valence-electron chi connectivity index (χ2n) is 15.0. The topological polar surface area (TPSA) is 168 Å². The van der Waals surface area contributed by atoms with Crippen molar-refractivity contribution < 1.29 is 33.4 Å². The van der Waals surface area contributed by atoms with E-state index in [-0.39, 0.29) is 25.4 Å². The first kappa shape index (κ1) is 37.4. The molecule has 1 aliphatic carbocycles. The van der Waals surface area contributed by atoms with Gasteiger partial charge in [-0.15, -0.1) is 0 Å². The SMILES string of the molecule is CCCC(NC(=O)C1CC(Oc2nccc3cc(OCC)ccc23)CN1C(=O)C(NC(=O)NC(C)(C)C)C(C)(C)C)C(=O)C(=O)NC1CC1. The van der Waals surface area contributed by atoms with Gasteiger partial charge in [0.15, 0.2) is 0 Å². The number of hydrogen-bond donors (Lipinski definition) is 4. The van der Waals surface area contributed by atoms with Crippen molar-refractivity contribution in [3.8, 4) is 11.6 Å². The molecule has 2 aliphatic rings. The fraction of sp³-hybridized carbons (Fsp3) is 0.611. The van der Waals surface area contributed by atoms with Crippen LogP contribution >= 0.6 is 0 Å². The molecule has 268 valence electrons. The maximum atomic E-state index is 14.4. The molecule has 2 aromatic rings. The number of pyridine rings is 1. The van der Waals surface area contributed by atoms with Crippen molar-refractivity contribution >= 4 is 40.3 Å². The number of nitrogens with one attached hydrogen (secondary N) is 4. The van der Waals surface area contributed by atoms with Crippen molar-refractivity contribution in [2.45, 2.75) is 123 Å². The lowest BCUT2D eigenvalue weighted by molar-refractivity contribution is -0.144. The molecule has 4 atom stereocenters. The minimum absolute atomic E-state index is 0.0129. The third-order valence-electron chi connectivity index (χ3n) is 8.36. The molecule has 2 heterocycles. The van der Waals surface area contributed by atoms with Crippen molar-refractivity contribution in [2.75, 3.05) is 13.2 Å². The summed E-state index contributed by atoms with van der Waals surface area (Å²) < 4.78 is 12.0. The monoisotopic (exact) mass is 680 g/mol. The Morgan fingerprint density at radius 2 is 1.71 bits per heavy atom. The lowest BCUT2D eigenvalue weighted by Crippen LogP contribution is -2.61. The quantitative estimate of drug-likeness (QED) is 0.233. The fourth-order valence-electron chi connectivity index (χ4n) is 5.80. The van der Waals surface area contributed by atoms with Crippen molar-refractivity contribution in [2.24, 2.45) is 5.41 Å². The molecule has 1 aromatic heterocycles. The number of ether oxygens (including phenoxy) is 2. The number of benzene rings is 1. The maximum Gasteiger partial charge on any atom is 0.315 e. The number of nitrogens with zero attached hydrogens (tertiary/aromatic N) is 2. The summed E-state index contributed by atoms with van der Waals surface area (Å²) in [5.74, 6) is -1.45. The van der Waals surface area contributed by atoms with Crippen LogP contribution in [-0.2, 0) is 19.2 Å². The molecule has 13 nitrogen and oxygen atoms in total. The van der Waals surface area contributed by atoms with Crippen LogP contribution in [0.5, 0.6) is 11.6 Å². The second kappa shape index (κ2) is 15.4. The number of fused-ring (bicyclic) bond motifs is 1. The number of ketones is 1. The van der Waals surface area contributed by atoms with Gasteiger partial charge in [0.1, 0.15) is 23.9 Å². The van der Waals surface area contributed by atoms with Gasteiger partial charge in [-0.3, -0.25) is 19.2 Å². The summed E-state index contributed by atoms with van der Waals surface area (Å²) in [4.78, 5) is 73.0. The van der Waals surface area contributed by atoms with Crippen LogP contribution in [0.4, 0.5) is 4.79 Å².